The number of sulfonamides is 1. The van der Waals surface area contributed by atoms with Crippen LogP contribution in [0.2, 0.25) is 5.02 Å². The lowest BCUT2D eigenvalue weighted by molar-refractivity contribution is 0.600. The highest BCUT2D eigenvalue weighted by atomic mass is 35.5. The molecule has 3 rings (SSSR count). The minimum Gasteiger partial charge on any atom is -0.283 e. The third-order valence-corrected chi connectivity index (χ3v) is 7.18. The molecule has 1 N–H and O–H groups in total. The fourth-order valence-corrected chi connectivity index (χ4v) is 5.70. The smallest absolute Gasteiger partial charge is 0.236 e. The van der Waals surface area contributed by atoms with E-state index in [4.69, 9.17) is 11.6 Å². The van der Waals surface area contributed by atoms with Gasteiger partial charge in [-0.05, 0) is 42.3 Å². The number of thioether (sulfide) groups is 1. The average Bonchev–Trinajstić information content (AvgIpc) is 2.94. The fraction of sp³-hybridized carbons (Fsp3) is 0.235. The van der Waals surface area contributed by atoms with Gasteiger partial charge in [0.25, 0.3) is 0 Å². The summed E-state index contributed by atoms with van der Waals surface area (Å²) in [5.74, 6) is 0.908. The van der Waals surface area contributed by atoms with E-state index < -0.39 is 10.0 Å². The van der Waals surface area contributed by atoms with Gasteiger partial charge in [0.2, 0.25) is 10.0 Å². The molecule has 0 saturated heterocycles. The predicted octanol–water partition coefficient (Wildman–Crippen LogP) is 5.39. The Balaban J connectivity index is 1.77. The Hall–Kier alpha value is -1.28. The SMILES string of the molecule is CCCSc1nc2ccc(NS(=O)(=O)Cc3cccc(Cl)c3)cc2s1. The summed E-state index contributed by atoms with van der Waals surface area (Å²) in [5.41, 5.74) is 2.09. The second-order valence-electron chi connectivity index (χ2n) is 5.50. The monoisotopic (exact) mass is 412 g/mol. The molecule has 4 nitrogen and oxygen atoms in total. The van der Waals surface area contributed by atoms with Crippen LogP contribution in [0.25, 0.3) is 10.2 Å². The topological polar surface area (TPSA) is 59.1 Å². The number of rotatable bonds is 7. The molecule has 0 radical (unpaired) electrons. The molecule has 1 aromatic heterocycles. The lowest BCUT2D eigenvalue weighted by Gasteiger charge is -2.08. The van der Waals surface area contributed by atoms with Gasteiger partial charge in [0, 0.05) is 10.8 Å². The van der Waals surface area contributed by atoms with Gasteiger partial charge in [-0.1, -0.05) is 42.4 Å². The summed E-state index contributed by atoms with van der Waals surface area (Å²) in [6, 6.07) is 12.3. The van der Waals surface area contributed by atoms with Gasteiger partial charge in [-0.15, -0.1) is 11.3 Å². The van der Waals surface area contributed by atoms with Crippen molar-refractivity contribution in [2.24, 2.45) is 0 Å². The molecule has 3 aromatic rings. The molecule has 0 aliphatic rings. The van der Waals surface area contributed by atoms with Crippen molar-refractivity contribution in [2.45, 2.75) is 23.4 Å². The Bertz CT molecular complexity index is 986. The normalized spacial score (nSPS) is 11.8. The molecule has 0 aliphatic carbocycles. The molecule has 1 heterocycles. The summed E-state index contributed by atoms with van der Waals surface area (Å²) in [6.45, 7) is 2.13. The van der Waals surface area contributed by atoms with Crippen LogP contribution in [0.1, 0.15) is 18.9 Å². The predicted molar refractivity (Wildman–Crippen MR) is 108 cm³/mol. The molecule has 132 valence electrons. The van der Waals surface area contributed by atoms with Crippen LogP contribution < -0.4 is 4.72 Å². The molecule has 2 aromatic carbocycles. The van der Waals surface area contributed by atoms with Crippen LogP contribution in [0.5, 0.6) is 0 Å². The van der Waals surface area contributed by atoms with Crippen molar-refractivity contribution in [1.29, 1.82) is 0 Å². The molecule has 0 spiro atoms. The van der Waals surface area contributed by atoms with Gasteiger partial charge in [-0.3, -0.25) is 4.72 Å². The molecule has 0 saturated carbocycles. The minimum atomic E-state index is -3.51. The van der Waals surface area contributed by atoms with E-state index in [-0.39, 0.29) is 5.75 Å². The first kappa shape index (κ1) is 18.5. The van der Waals surface area contributed by atoms with Crippen LogP contribution in [0.3, 0.4) is 0 Å². The van der Waals surface area contributed by atoms with Gasteiger partial charge < -0.3 is 0 Å². The summed E-state index contributed by atoms with van der Waals surface area (Å²) in [6.07, 6.45) is 1.09. The van der Waals surface area contributed by atoms with Gasteiger partial charge in [0.1, 0.15) is 0 Å². The largest absolute Gasteiger partial charge is 0.283 e. The number of aromatic nitrogens is 1. The van der Waals surface area contributed by atoms with E-state index >= 15 is 0 Å². The summed E-state index contributed by atoms with van der Waals surface area (Å²) >= 11 is 9.22. The van der Waals surface area contributed by atoms with Crippen LogP contribution in [-0.4, -0.2) is 19.2 Å². The Morgan fingerprint density at radius 3 is 2.84 bits per heavy atom. The molecule has 0 unspecified atom stereocenters. The zero-order valence-corrected chi connectivity index (χ0v) is 16.7. The number of thiazole rings is 1. The summed E-state index contributed by atoms with van der Waals surface area (Å²) in [5, 5.41) is 0.524. The van der Waals surface area contributed by atoms with E-state index in [9.17, 15) is 8.42 Å². The number of nitrogens with zero attached hydrogens (tertiary/aromatic N) is 1. The van der Waals surface area contributed by atoms with Gasteiger partial charge >= 0.3 is 0 Å². The summed E-state index contributed by atoms with van der Waals surface area (Å²) in [7, 11) is -3.51. The van der Waals surface area contributed by atoms with E-state index in [0.29, 0.717) is 16.3 Å². The number of hydrogen-bond donors (Lipinski definition) is 1. The van der Waals surface area contributed by atoms with Gasteiger partial charge in [0.15, 0.2) is 4.34 Å². The Morgan fingerprint density at radius 1 is 1.24 bits per heavy atom. The quantitative estimate of drug-likeness (QED) is 0.528. The molecule has 8 heteroatoms. The van der Waals surface area contributed by atoms with Gasteiger partial charge in [-0.25, -0.2) is 13.4 Å². The van der Waals surface area contributed by atoms with Crippen molar-refractivity contribution in [3.8, 4) is 0 Å². The number of anilines is 1. The summed E-state index contributed by atoms with van der Waals surface area (Å²) in [4.78, 5) is 4.55. The highest BCUT2D eigenvalue weighted by Crippen LogP contribution is 2.31. The number of fused-ring (bicyclic) bond motifs is 1. The minimum absolute atomic E-state index is 0.119. The highest BCUT2D eigenvalue weighted by molar-refractivity contribution is 8.01. The molecule has 0 atom stereocenters. The molecular weight excluding hydrogens is 396 g/mol. The number of halogens is 1. The van der Waals surface area contributed by atoms with Crippen molar-refractivity contribution in [3.05, 3.63) is 53.1 Å². The van der Waals surface area contributed by atoms with Crippen LogP contribution in [0.4, 0.5) is 5.69 Å². The molecule has 0 bridgehead atoms. The fourth-order valence-electron chi connectivity index (χ4n) is 2.28. The first-order valence-corrected chi connectivity index (χ1v) is 11.6. The molecule has 0 aliphatic heterocycles. The average molecular weight is 413 g/mol. The maximum Gasteiger partial charge on any atom is 0.236 e. The van der Waals surface area contributed by atoms with Crippen molar-refractivity contribution >= 4 is 60.6 Å². The van der Waals surface area contributed by atoms with Crippen LogP contribution in [0.15, 0.2) is 46.8 Å². The molecule has 0 fully saturated rings. The van der Waals surface area contributed by atoms with Crippen LogP contribution in [0, 0.1) is 0 Å². The summed E-state index contributed by atoms with van der Waals surface area (Å²) < 4.78 is 29.4. The van der Waals surface area contributed by atoms with E-state index in [0.717, 1.165) is 26.7 Å². The Kier molecular flexibility index (Phi) is 5.89. The lowest BCUT2D eigenvalue weighted by atomic mass is 10.2. The second-order valence-corrected chi connectivity index (χ2v) is 10.0. The number of nitrogens with one attached hydrogen (secondary N) is 1. The van der Waals surface area contributed by atoms with Crippen molar-refractivity contribution in [2.75, 3.05) is 10.5 Å². The molecule has 25 heavy (non-hydrogen) atoms. The van der Waals surface area contributed by atoms with E-state index in [1.165, 1.54) is 0 Å². The van der Waals surface area contributed by atoms with Gasteiger partial charge in [0.05, 0.1) is 21.7 Å². The molecule has 0 amide bonds. The van der Waals surface area contributed by atoms with Crippen molar-refractivity contribution in [1.82, 2.24) is 4.98 Å². The second kappa shape index (κ2) is 7.95. The Labute approximate surface area is 160 Å². The maximum atomic E-state index is 12.4. The Morgan fingerprint density at radius 2 is 2.08 bits per heavy atom. The van der Waals surface area contributed by atoms with Crippen molar-refractivity contribution in [3.63, 3.8) is 0 Å². The van der Waals surface area contributed by atoms with Gasteiger partial charge in [-0.2, -0.15) is 0 Å². The van der Waals surface area contributed by atoms with E-state index in [1.54, 1.807) is 53.4 Å². The number of benzene rings is 2. The molecular formula is C17H17ClN2O2S3. The zero-order chi connectivity index (χ0) is 17.9. The lowest BCUT2D eigenvalue weighted by Crippen LogP contribution is -2.14. The van der Waals surface area contributed by atoms with Crippen molar-refractivity contribution < 1.29 is 8.42 Å². The van der Waals surface area contributed by atoms with Crippen LogP contribution in [-0.2, 0) is 15.8 Å². The van der Waals surface area contributed by atoms with E-state index in [2.05, 4.69) is 16.6 Å². The first-order chi connectivity index (χ1) is 11.9. The van der Waals surface area contributed by atoms with Crippen LogP contribution >= 0.6 is 34.7 Å². The van der Waals surface area contributed by atoms with E-state index in [1.807, 2.05) is 12.1 Å². The maximum absolute atomic E-state index is 12.4. The zero-order valence-electron chi connectivity index (χ0n) is 13.5. The highest BCUT2D eigenvalue weighted by Gasteiger charge is 2.13. The first-order valence-electron chi connectivity index (χ1n) is 7.73. The third kappa shape index (κ3) is 5.10. The third-order valence-electron chi connectivity index (χ3n) is 3.32. The standard InChI is InChI=1S/C17H17ClN2O2S3/c1-2-8-23-17-19-15-7-6-14(10-16(15)24-17)20-25(21,22)11-12-4-3-5-13(18)9-12/h3-7,9-10,20H,2,8,11H2,1H3. The number of hydrogen-bond acceptors (Lipinski definition) is 5.